The van der Waals surface area contributed by atoms with E-state index < -0.39 is 27.8 Å². The predicted molar refractivity (Wildman–Crippen MR) is 190 cm³/mol. The maximum absolute atomic E-state index is 14.0. The Morgan fingerprint density at radius 1 is 0.863 bits per heavy atom. The molecule has 11 heteroatoms. The Kier molecular flexibility index (Phi) is 10.5. The number of carbonyl (C=O) groups excluding carboxylic acids is 2. The molecule has 1 unspecified atom stereocenters. The molecule has 1 saturated carbocycles. The third-order valence-electron chi connectivity index (χ3n) is 10.0. The second-order valence-electron chi connectivity index (χ2n) is 13.6. The van der Waals surface area contributed by atoms with Gasteiger partial charge in [0.15, 0.2) is 27.7 Å². The van der Waals surface area contributed by atoms with E-state index in [0.29, 0.717) is 38.0 Å². The highest BCUT2D eigenvalue weighted by molar-refractivity contribution is 7.90. The number of ketones is 2. The van der Waals surface area contributed by atoms with Crippen LogP contribution < -0.4 is 0 Å². The van der Waals surface area contributed by atoms with E-state index >= 15 is 0 Å². The lowest BCUT2D eigenvalue weighted by Crippen LogP contribution is -2.27. The third-order valence-corrected chi connectivity index (χ3v) is 11.6. The minimum atomic E-state index is -3.57. The van der Waals surface area contributed by atoms with Gasteiger partial charge >= 0.3 is 0 Å². The van der Waals surface area contributed by atoms with Crippen molar-refractivity contribution in [1.82, 2.24) is 4.98 Å². The molecule has 7 rings (SSSR count). The fourth-order valence-corrected chi connectivity index (χ4v) is 8.83. The van der Waals surface area contributed by atoms with E-state index in [-0.39, 0.29) is 58.1 Å². The Labute approximate surface area is 303 Å². The molecule has 0 amide bonds. The molecule has 1 aromatic heterocycles. The second-order valence-corrected chi connectivity index (χ2v) is 16.0. The number of ether oxygens (including phenoxy) is 4. The first-order chi connectivity index (χ1) is 24.6. The van der Waals surface area contributed by atoms with Crippen LogP contribution in [0.5, 0.6) is 0 Å². The molecule has 9 nitrogen and oxygen atoms in total. The highest BCUT2D eigenvalue weighted by atomic mass is 35.5. The Morgan fingerprint density at radius 2 is 1.51 bits per heavy atom. The van der Waals surface area contributed by atoms with Crippen LogP contribution in [-0.4, -0.2) is 50.2 Å². The summed E-state index contributed by atoms with van der Waals surface area (Å²) in [6.07, 6.45) is 4.04. The van der Waals surface area contributed by atoms with Gasteiger partial charge in [-0.15, -0.1) is 0 Å². The first-order valence-corrected chi connectivity index (χ1v) is 19.6. The molecule has 1 spiro atoms. The minimum Gasteiger partial charge on any atom is -0.346 e. The lowest BCUT2D eigenvalue weighted by atomic mass is 9.83. The molecule has 3 fully saturated rings. The van der Waals surface area contributed by atoms with E-state index in [1.807, 2.05) is 36.4 Å². The van der Waals surface area contributed by atoms with Crippen molar-refractivity contribution in [2.24, 2.45) is 5.92 Å². The van der Waals surface area contributed by atoms with Crippen LogP contribution >= 0.6 is 11.6 Å². The molecule has 3 aromatic carbocycles. The number of Topliss-reactive ketones (excluding diaryl/α,β-unsaturated/α-hetero) is 2. The minimum absolute atomic E-state index is 0.00343. The van der Waals surface area contributed by atoms with Crippen LogP contribution in [-0.2, 0) is 33.6 Å². The smallest absolute Gasteiger partial charge is 0.185 e. The molecule has 266 valence electrons. The molecule has 0 bridgehead atoms. The maximum atomic E-state index is 14.0. The highest BCUT2D eigenvalue weighted by Gasteiger charge is 2.52. The Hall–Kier alpha value is -3.77. The first-order valence-electron chi connectivity index (χ1n) is 17.3. The number of aromatic nitrogens is 1. The summed E-state index contributed by atoms with van der Waals surface area (Å²) in [4.78, 5) is 31.5. The summed E-state index contributed by atoms with van der Waals surface area (Å²) in [6, 6.07) is 28.2. The zero-order valence-corrected chi connectivity index (χ0v) is 29.9. The number of hydrogen-bond donors (Lipinski definition) is 0. The first kappa shape index (κ1) is 35.6. The van der Waals surface area contributed by atoms with Gasteiger partial charge in [-0.3, -0.25) is 14.6 Å². The summed E-state index contributed by atoms with van der Waals surface area (Å²) >= 11 is 6.48. The van der Waals surface area contributed by atoms with E-state index in [2.05, 4.69) is 29.2 Å². The Balaban J connectivity index is 1.09. The molecule has 0 N–H and O–H groups in total. The summed E-state index contributed by atoms with van der Waals surface area (Å²) < 4.78 is 49.3. The van der Waals surface area contributed by atoms with Crippen molar-refractivity contribution in [3.05, 3.63) is 130 Å². The fourth-order valence-electron chi connectivity index (χ4n) is 7.49. The van der Waals surface area contributed by atoms with Crippen LogP contribution in [0, 0.1) is 5.92 Å². The summed E-state index contributed by atoms with van der Waals surface area (Å²) in [5, 5.41) is 0.0603. The van der Waals surface area contributed by atoms with Gasteiger partial charge in [-0.1, -0.05) is 84.4 Å². The Morgan fingerprint density at radius 3 is 2.08 bits per heavy atom. The van der Waals surface area contributed by atoms with E-state index in [9.17, 15) is 18.0 Å². The van der Waals surface area contributed by atoms with E-state index in [4.69, 9.17) is 30.5 Å². The van der Waals surface area contributed by atoms with E-state index in [1.54, 1.807) is 30.5 Å². The van der Waals surface area contributed by atoms with Gasteiger partial charge in [-0.05, 0) is 53.6 Å². The maximum Gasteiger partial charge on any atom is 0.185 e. The molecule has 3 aliphatic rings. The van der Waals surface area contributed by atoms with Crippen molar-refractivity contribution in [2.45, 2.75) is 73.6 Å². The van der Waals surface area contributed by atoms with Crippen molar-refractivity contribution in [3.8, 4) is 0 Å². The van der Waals surface area contributed by atoms with Crippen LogP contribution in [0.15, 0.2) is 102 Å². The largest absolute Gasteiger partial charge is 0.346 e. The predicted octanol–water partition coefficient (Wildman–Crippen LogP) is 7.92. The summed E-state index contributed by atoms with van der Waals surface area (Å²) in [6.45, 7) is 1.00. The molecule has 4 aromatic rings. The highest BCUT2D eigenvalue weighted by Crippen LogP contribution is 2.55. The average Bonchev–Trinajstić information content (AvgIpc) is 3.91. The zero-order valence-electron chi connectivity index (χ0n) is 28.3. The van der Waals surface area contributed by atoms with E-state index in [0.717, 1.165) is 29.4 Å². The molecule has 0 radical (unpaired) electrons. The van der Waals surface area contributed by atoms with E-state index in [1.165, 1.54) is 6.07 Å². The summed E-state index contributed by atoms with van der Waals surface area (Å²) in [7, 11) is -3.57. The average molecular weight is 730 g/mol. The molecule has 4 atom stereocenters. The van der Waals surface area contributed by atoms with Crippen LogP contribution in [0.4, 0.5) is 0 Å². The number of benzene rings is 3. The van der Waals surface area contributed by atoms with Crippen molar-refractivity contribution in [2.75, 3.05) is 19.5 Å². The van der Waals surface area contributed by atoms with Crippen molar-refractivity contribution in [3.63, 3.8) is 0 Å². The number of nitrogens with zero attached hydrogens (tertiary/aromatic N) is 1. The van der Waals surface area contributed by atoms with Gasteiger partial charge in [-0.2, -0.15) is 0 Å². The van der Waals surface area contributed by atoms with Gasteiger partial charge in [0.2, 0.25) is 0 Å². The number of rotatable bonds is 12. The molecule has 3 heterocycles. The summed E-state index contributed by atoms with van der Waals surface area (Å²) in [5.74, 6) is -1.76. The Bertz CT molecular complexity index is 1920. The molecule has 2 aliphatic heterocycles. The van der Waals surface area contributed by atoms with Gasteiger partial charge in [-0.25, -0.2) is 8.42 Å². The molecule has 1 aliphatic carbocycles. The number of pyridine rings is 1. The standard InChI is InChI=1S/C40H40ClNO8S/c1-51(45,46)36-17-13-29(23-32(36)41)31(34(43)15-16-35(44)33-14-12-30(25-42-33)39-47-20-21-48-39)22-26-18-19-40(24-26)49-37(27-8-4-2-5-9-27)38(50-40)28-10-6-3-7-11-28/h2-14,17,23,25-26,31,37-39H,15-16,18-22,24H2,1H3/t26-,31?,37-,38-/m1/s1. The third kappa shape index (κ3) is 8.01. The van der Waals surface area contributed by atoms with Gasteiger partial charge in [0.05, 0.1) is 23.1 Å². The van der Waals surface area contributed by atoms with Gasteiger partial charge < -0.3 is 18.9 Å². The topological polar surface area (TPSA) is 118 Å². The molecule has 51 heavy (non-hydrogen) atoms. The number of hydrogen-bond acceptors (Lipinski definition) is 9. The van der Waals surface area contributed by atoms with Gasteiger partial charge in [0.25, 0.3) is 0 Å². The van der Waals surface area contributed by atoms with Gasteiger partial charge in [0.1, 0.15) is 23.7 Å². The molecular weight excluding hydrogens is 690 g/mol. The van der Waals surface area contributed by atoms with Crippen molar-refractivity contribution >= 4 is 33.0 Å². The SMILES string of the molecule is CS(=O)(=O)c1ccc(C(C[C@H]2CCC3(C2)O[C@H](c2ccccc2)[C@@H](c2ccccc2)O3)C(=O)CCC(=O)c2ccc(C3OCCO3)cn2)cc1Cl. The van der Waals surface area contributed by atoms with Crippen LogP contribution in [0.3, 0.4) is 0 Å². The lowest BCUT2D eigenvalue weighted by molar-refractivity contribution is -0.173. The summed E-state index contributed by atoms with van der Waals surface area (Å²) in [5.41, 5.74) is 3.67. The van der Waals surface area contributed by atoms with Crippen molar-refractivity contribution in [1.29, 1.82) is 0 Å². The van der Waals surface area contributed by atoms with Crippen molar-refractivity contribution < 1.29 is 37.0 Å². The van der Waals surface area contributed by atoms with Crippen LogP contribution in [0.2, 0.25) is 5.02 Å². The quantitative estimate of drug-likeness (QED) is 0.134. The lowest BCUT2D eigenvalue weighted by Gasteiger charge is -2.25. The van der Waals surface area contributed by atoms with Crippen LogP contribution in [0.25, 0.3) is 0 Å². The second kappa shape index (κ2) is 15.1. The van der Waals surface area contributed by atoms with Crippen LogP contribution in [0.1, 0.15) is 95.7 Å². The monoisotopic (exact) mass is 729 g/mol. The number of carbonyl (C=O) groups is 2. The normalized spacial score (nSPS) is 22.4. The number of halogens is 1. The number of sulfone groups is 1. The zero-order chi connectivity index (χ0) is 35.6. The molecule has 2 saturated heterocycles. The molecular formula is C40H40ClNO8S. The van der Waals surface area contributed by atoms with Gasteiger partial charge in [0, 0.05) is 49.6 Å². The fraction of sp³-hybridized carbons (Fsp3) is 0.375.